The number of piperidine rings is 1. The summed E-state index contributed by atoms with van der Waals surface area (Å²) in [4.78, 5) is 15.8. The van der Waals surface area contributed by atoms with Gasteiger partial charge >= 0.3 is 0 Å². The first kappa shape index (κ1) is 22.7. The van der Waals surface area contributed by atoms with E-state index in [4.69, 9.17) is 5.73 Å². The van der Waals surface area contributed by atoms with Crippen molar-refractivity contribution in [3.05, 3.63) is 22.4 Å². The maximum absolute atomic E-state index is 12.0. The molecule has 0 radical (unpaired) electrons. The summed E-state index contributed by atoms with van der Waals surface area (Å²) in [5, 5.41) is 5.19. The highest BCUT2D eigenvalue weighted by Crippen LogP contribution is 2.29. The number of carbonyl (C=O) groups is 1. The Morgan fingerprint density at radius 1 is 1.43 bits per heavy atom. The first-order chi connectivity index (χ1) is 10.1. The van der Waals surface area contributed by atoms with Gasteiger partial charge < -0.3 is 11.1 Å². The van der Waals surface area contributed by atoms with Crippen molar-refractivity contribution in [2.24, 2.45) is 17.6 Å². The van der Waals surface area contributed by atoms with Crippen molar-refractivity contribution in [3.8, 4) is 0 Å². The van der Waals surface area contributed by atoms with Gasteiger partial charge in [0.15, 0.2) is 0 Å². The molecule has 0 bridgehead atoms. The van der Waals surface area contributed by atoms with E-state index in [-0.39, 0.29) is 36.6 Å². The summed E-state index contributed by atoms with van der Waals surface area (Å²) in [6.07, 6.45) is 2.49. The monoisotopic (exact) mass is 381 g/mol. The highest BCUT2D eigenvalue weighted by atomic mass is 35.5. The van der Waals surface area contributed by atoms with Gasteiger partial charge in [-0.1, -0.05) is 19.9 Å². The van der Waals surface area contributed by atoms with Gasteiger partial charge in [0.25, 0.3) is 0 Å². The minimum absolute atomic E-state index is 0. The zero-order valence-corrected chi connectivity index (χ0v) is 16.3. The molecule has 0 saturated carbocycles. The average molecular weight is 382 g/mol. The maximum Gasteiger partial charge on any atom is 0.224 e. The molecule has 1 aromatic heterocycles. The molecule has 1 fully saturated rings. The zero-order valence-electron chi connectivity index (χ0n) is 13.9. The Labute approximate surface area is 156 Å². The minimum Gasteiger partial charge on any atom is -0.354 e. The molecular weight excluding hydrogens is 353 g/mol. The molecule has 3 N–H and O–H groups in total. The lowest BCUT2D eigenvalue weighted by molar-refractivity contribution is -0.124. The van der Waals surface area contributed by atoms with Crippen LogP contribution in [0.2, 0.25) is 0 Å². The Hall–Kier alpha value is -0.330. The summed E-state index contributed by atoms with van der Waals surface area (Å²) in [5.41, 5.74) is 5.56. The van der Waals surface area contributed by atoms with Crippen LogP contribution in [0.4, 0.5) is 0 Å². The van der Waals surface area contributed by atoms with Crippen LogP contribution in [0.25, 0.3) is 0 Å². The van der Waals surface area contributed by atoms with E-state index in [0.717, 1.165) is 19.0 Å². The average Bonchev–Trinajstić information content (AvgIpc) is 3.02. The van der Waals surface area contributed by atoms with Gasteiger partial charge in [-0.2, -0.15) is 0 Å². The molecule has 0 aliphatic carbocycles. The van der Waals surface area contributed by atoms with Crippen molar-refractivity contribution >= 4 is 42.1 Å². The van der Waals surface area contributed by atoms with E-state index in [1.807, 2.05) is 6.92 Å². The van der Waals surface area contributed by atoms with E-state index in [1.165, 1.54) is 17.7 Å². The van der Waals surface area contributed by atoms with E-state index < -0.39 is 0 Å². The standard InChI is InChI=1S/C16H27N3OS.2ClH/c1-12-5-7-19(8-6-12)14(15-4-3-9-21-15)11-18-16(20)13(2)10-17;;/h3-4,9,12-14H,5-8,10-11,17H2,1-2H3,(H,18,20);2*1H. The fourth-order valence-corrected chi connectivity index (χ4v) is 3.57. The first-order valence-corrected chi connectivity index (χ1v) is 8.75. The van der Waals surface area contributed by atoms with E-state index in [1.54, 1.807) is 11.3 Å². The normalized spacial score (nSPS) is 18.4. The number of rotatable bonds is 6. The third-order valence-electron chi connectivity index (χ3n) is 4.40. The van der Waals surface area contributed by atoms with Crippen molar-refractivity contribution in [2.75, 3.05) is 26.2 Å². The summed E-state index contributed by atoms with van der Waals surface area (Å²) >= 11 is 1.77. The summed E-state index contributed by atoms with van der Waals surface area (Å²) in [5.74, 6) is 0.761. The molecule has 1 aliphatic heterocycles. The van der Waals surface area contributed by atoms with Crippen LogP contribution in [-0.4, -0.2) is 37.0 Å². The molecule has 23 heavy (non-hydrogen) atoms. The third-order valence-corrected chi connectivity index (χ3v) is 5.37. The molecule has 2 rings (SSSR count). The number of halogens is 2. The SMILES string of the molecule is CC1CCN(C(CNC(=O)C(C)CN)c2cccs2)CC1.Cl.Cl. The van der Waals surface area contributed by atoms with Crippen molar-refractivity contribution in [1.29, 1.82) is 0 Å². The molecule has 1 amide bonds. The molecule has 4 nitrogen and oxygen atoms in total. The Morgan fingerprint density at radius 3 is 2.61 bits per heavy atom. The van der Waals surface area contributed by atoms with Gasteiger partial charge in [0.1, 0.15) is 0 Å². The van der Waals surface area contributed by atoms with Crippen LogP contribution in [-0.2, 0) is 4.79 Å². The van der Waals surface area contributed by atoms with E-state index in [9.17, 15) is 4.79 Å². The number of likely N-dealkylation sites (tertiary alicyclic amines) is 1. The van der Waals surface area contributed by atoms with Gasteiger partial charge in [-0.25, -0.2) is 0 Å². The van der Waals surface area contributed by atoms with Crippen molar-refractivity contribution in [1.82, 2.24) is 10.2 Å². The molecule has 0 aromatic carbocycles. The Bertz CT molecular complexity index is 437. The molecule has 7 heteroatoms. The van der Waals surface area contributed by atoms with Crippen LogP contribution in [0, 0.1) is 11.8 Å². The molecule has 0 spiro atoms. The number of nitrogens with zero attached hydrogens (tertiary/aromatic N) is 1. The quantitative estimate of drug-likeness (QED) is 0.795. The summed E-state index contributed by atoms with van der Waals surface area (Å²) in [6, 6.07) is 4.56. The molecule has 1 aliphatic rings. The lowest BCUT2D eigenvalue weighted by Crippen LogP contribution is -2.43. The summed E-state index contributed by atoms with van der Waals surface area (Å²) in [6.45, 7) is 7.51. The summed E-state index contributed by atoms with van der Waals surface area (Å²) < 4.78 is 0. The predicted molar refractivity (Wildman–Crippen MR) is 103 cm³/mol. The minimum atomic E-state index is -0.115. The van der Waals surface area contributed by atoms with E-state index >= 15 is 0 Å². The van der Waals surface area contributed by atoms with Crippen molar-refractivity contribution in [3.63, 3.8) is 0 Å². The predicted octanol–water partition coefficient (Wildman–Crippen LogP) is 3.08. The van der Waals surface area contributed by atoms with Crippen LogP contribution in [0.1, 0.15) is 37.6 Å². The van der Waals surface area contributed by atoms with E-state index in [0.29, 0.717) is 19.1 Å². The molecule has 1 aromatic rings. The number of nitrogens with one attached hydrogen (secondary N) is 1. The highest BCUT2D eigenvalue weighted by Gasteiger charge is 2.26. The lowest BCUT2D eigenvalue weighted by Gasteiger charge is -2.36. The second kappa shape index (κ2) is 11.3. The van der Waals surface area contributed by atoms with Crippen LogP contribution >= 0.6 is 36.2 Å². The van der Waals surface area contributed by atoms with Crippen LogP contribution < -0.4 is 11.1 Å². The van der Waals surface area contributed by atoms with Gasteiger partial charge in [0, 0.05) is 23.9 Å². The molecule has 2 unspecified atom stereocenters. The molecule has 1 saturated heterocycles. The molecular formula is C16H29Cl2N3OS. The topological polar surface area (TPSA) is 58.4 Å². The van der Waals surface area contributed by atoms with Crippen LogP contribution in [0.15, 0.2) is 17.5 Å². The van der Waals surface area contributed by atoms with Gasteiger partial charge in [0.2, 0.25) is 5.91 Å². The number of hydrogen-bond acceptors (Lipinski definition) is 4. The molecule has 134 valence electrons. The maximum atomic E-state index is 12.0. The zero-order chi connectivity index (χ0) is 15.2. The largest absolute Gasteiger partial charge is 0.354 e. The number of nitrogens with two attached hydrogens (primary N) is 1. The Morgan fingerprint density at radius 2 is 2.09 bits per heavy atom. The second-order valence-electron chi connectivity index (χ2n) is 6.13. The molecule has 2 heterocycles. The number of carbonyl (C=O) groups excluding carboxylic acids is 1. The Balaban J connectivity index is 0.00000242. The number of hydrogen-bond donors (Lipinski definition) is 2. The van der Waals surface area contributed by atoms with Gasteiger partial charge in [0.05, 0.1) is 6.04 Å². The van der Waals surface area contributed by atoms with Gasteiger partial charge in [-0.15, -0.1) is 36.2 Å². The fourth-order valence-electron chi connectivity index (χ4n) is 2.71. The third kappa shape index (κ3) is 6.59. The summed E-state index contributed by atoms with van der Waals surface area (Å²) in [7, 11) is 0. The lowest BCUT2D eigenvalue weighted by atomic mass is 9.97. The highest BCUT2D eigenvalue weighted by molar-refractivity contribution is 7.10. The smallest absolute Gasteiger partial charge is 0.224 e. The fraction of sp³-hybridized carbons (Fsp3) is 0.688. The number of amides is 1. The molecule has 2 atom stereocenters. The van der Waals surface area contributed by atoms with Crippen molar-refractivity contribution in [2.45, 2.75) is 32.7 Å². The van der Waals surface area contributed by atoms with Crippen molar-refractivity contribution < 1.29 is 4.79 Å². The van der Waals surface area contributed by atoms with Gasteiger partial charge in [-0.05, 0) is 43.3 Å². The van der Waals surface area contributed by atoms with E-state index in [2.05, 4.69) is 34.7 Å². The van der Waals surface area contributed by atoms with Gasteiger partial charge in [-0.3, -0.25) is 9.69 Å². The number of thiophene rings is 1. The van der Waals surface area contributed by atoms with Crippen LogP contribution in [0.5, 0.6) is 0 Å². The van der Waals surface area contributed by atoms with Crippen LogP contribution in [0.3, 0.4) is 0 Å². The Kier molecular flexibility index (Phi) is 11.1. The second-order valence-corrected chi connectivity index (χ2v) is 7.11. The first-order valence-electron chi connectivity index (χ1n) is 7.87.